The van der Waals surface area contributed by atoms with Crippen LogP contribution in [0, 0.1) is 0 Å². The summed E-state index contributed by atoms with van der Waals surface area (Å²) < 4.78 is 22.4. The van der Waals surface area contributed by atoms with Crippen LogP contribution in [0.25, 0.3) is 0 Å². The number of nitrogens with two attached hydrogens (primary N) is 1. The zero-order valence-electron chi connectivity index (χ0n) is 12.0. The molecule has 0 fully saturated rings. The molecule has 2 N–H and O–H groups in total. The minimum absolute atomic E-state index is 0.139. The maximum atomic E-state index is 11.2. The normalized spacial score (nSPS) is 13.5. The van der Waals surface area contributed by atoms with Gasteiger partial charge in [0.15, 0.2) is 5.13 Å². The molecule has 5 nitrogen and oxygen atoms in total. The Balaban J connectivity index is 2.86. The molecule has 1 heterocycles. The zero-order valence-corrected chi connectivity index (χ0v) is 13.6. The Morgan fingerprint density at radius 2 is 2.11 bits per heavy atom. The second kappa shape index (κ2) is 6.67. The fourth-order valence-corrected chi connectivity index (χ4v) is 3.29. The highest BCUT2D eigenvalue weighted by atomic mass is 32.2. The van der Waals surface area contributed by atoms with Crippen molar-refractivity contribution in [2.45, 2.75) is 32.7 Å². The van der Waals surface area contributed by atoms with E-state index in [1.165, 1.54) is 6.26 Å². The molecule has 0 bridgehead atoms. The van der Waals surface area contributed by atoms with Crippen LogP contribution in [0.3, 0.4) is 0 Å². The third-order valence-electron chi connectivity index (χ3n) is 3.10. The van der Waals surface area contributed by atoms with E-state index in [1.807, 2.05) is 11.9 Å². The maximum Gasteiger partial charge on any atom is 0.185 e. The fraction of sp³-hybridized carbons (Fsp3) is 0.750. The van der Waals surface area contributed by atoms with Gasteiger partial charge in [-0.25, -0.2) is 13.4 Å². The Hall–Kier alpha value is -0.660. The van der Waals surface area contributed by atoms with Gasteiger partial charge in [-0.3, -0.25) is 0 Å². The van der Waals surface area contributed by atoms with Crippen molar-refractivity contribution in [2.75, 3.05) is 30.5 Å². The topological polar surface area (TPSA) is 76.3 Å². The molecule has 7 heteroatoms. The Morgan fingerprint density at radius 3 is 2.58 bits per heavy atom. The van der Waals surface area contributed by atoms with Crippen LogP contribution in [-0.4, -0.2) is 39.0 Å². The molecule has 1 aromatic rings. The lowest BCUT2D eigenvalue weighted by Gasteiger charge is -2.14. The largest absolute Gasteiger partial charge is 0.350 e. The van der Waals surface area contributed by atoms with Gasteiger partial charge in [-0.2, -0.15) is 0 Å². The quantitative estimate of drug-likeness (QED) is 0.828. The van der Waals surface area contributed by atoms with Gasteiger partial charge >= 0.3 is 0 Å². The van der Waals surface area contributed by atoms with E-state index in [0.29, 0.717) is 19.0 Å². The van der Waals surface area contributed by atoms with E-state index in [1.54, 1.807) is 11.3 Å². The van der Waals surface area contributed by atoms with Crippen LogP contribution in [0.15, 0.2) is 0 Å². The van der Waals surface area contributed by atoms with E-state index in [-0.39, 0.29) is 5.75 Å². The van der Waals surface area contributed by atoms with Gasteiger partial charge in [0, 0.05) is 31.3 Å². The molecule has 0 saturated carbocycles. The lowest BCUT2D eigenvalue weighted by atomic mass is 10.0. The minimum atomic E-state index is -2.95. The standard InChI is InChI=1S/C12H23N3O2S2/c1-5-9(2)11-10(8-13)18-12(14-11)15(3)6-7-19(4,16)17/h9H,5-8,13H2,1-4H3. The first-order valence-electron chi connectivity index (χ1n) is 6.37. The van der Waals surface area contributed by atoms with Crippen molar-refractivity contribution >= 4 is 26.3 Å². The van der Waals surface area contributed by atoms with E-state index in [0.717, 1.165) is 22.1 Å². The van der Waals surface area contributed by atoms with E-state index >= 15 is 0 Å². The summed E-state index contributed by atoms with van der Waals surface area (Å²) in [6.45, 7) is 5.19. The van der Waals surface area contributed by atoms with Crippen LogP contribution in [-0.2, 0) is 16.4 Å². The van der Waals surface area contributed by atoms with Gasteiger partial charge in [-0.15, -0.1) is 11.3 Å². The van der Waals surface area contributed by atoms with E-state index in [4.69, 9.17) is 5.73 Å². The molecule has 0 aliphatic rings. The predicted molar refractivity (Wildman–Crippen MR) is 81.7 cm³/mol. The number of anilines is 1. The SMILES string of the molecule is CCC(C)c1nc(N(C)CCS(C)(=O)=O)sc1CN. The van der Waals surface area contributed by atoms with Crippen LogP contribution in [0.4, 0.5) is 5.13 Å². The highest BCUT2D eigenvalue weighted by Gasteiger charge is 2.17. The first kappa shape index (κ1) is 16.4. The predicted octanol–water partition coefficient (Wildman–Crippen LogP) is 1.60. The third-order valence-corrected chi connectivity index (χ3v) is 5.24. The average molecular weight is 305 g/mol. The second-order valence-electron chi connectivity index (χ2n) is 4.87. The number of aromatic nitrogens is 1. The molecule has 110 valence electrons. The molecule has 1 aromatic heterocycles. The van der Waals surface area contributed by atoms with E-state index in [9.17, 15) is 8.42 Å². The van der Waals surface area contributed by atoms with Crippen molar-refractivity contribution in [1.82, 2.24) is 4.98 Å². The van der Waals surface area contributed by atoms with Crippen LogP contribution in [0.1, 0.15) is 36.8 Å². The number of sulfone groups is 1. The van der Waals surface area contributed by atoms with Crippen molar-refractivity contribution in [3.05, 3.63) is 10.6 Å². The van der Waals surface area contributed by atoms with Crippen LogP contribution < -0.4 is 10.6 Å². The van der Waals surface area contributed by atoms with Gasteiger partial charge in [-0.1, -0.05) is 13.8 Å². The molecule has 0 saturated heterocycles. The van der Waals surface area contributed by atoms with Crippen molar-refractivity contribution in [1.29, 1.82) is 0 Å². The minimum Gasteiger partial charge on any atom is -0.350 e. The van der Waals surface area contributed by atoms with Crippen LogP contribution in [0.5, 0.6) is 0 Å². The zero-order chi connectivity index (χ0) is 14.6. The molecule has 1 rings (SSSR count). The first-order chi connectivity index (χ1) is 8.78. The summed E-state index contributed by atoms with van der Waals surface area (Å²) in [7, 11) is -1.08. The molecule has 19 heavy (non-hydrogen) atoms. The van der Waals surface area contributed by atoms with Crippen LogP contribution >= 0.6 is 11.3 Å². The molecule has 0 radical (unpaired) electrons. The third kappa shape index (κ3) is 4.74. The number of hydrogen-bond donors (Lipinski definition) is 1. The molecule has 0 aromatic carbocycles. The highest BCUT2D eigenvalue weighted by Crippen LogP contribution is 2.31. The average Bonchev–Trinajstić information content (AvgIpc) is 2.78. The number of nitrogens with zero attached hydrogens (tertiary/aromatic N) is 2. The molecule has 1 atom stereocenters. The molecule has 1 unspecified atom stereocenters. The van der Waals surface area contributed by atoms with E-state index < -0.39 is 9.84 Å². The van der Waals surface area contributed by atoms with Gasteiger partial charge < -0.3 is 10.6 Å². The lowest BCUT2D eigenvalue weighted by Crippen LogP contribution is -2.24. The summed E-state index contributed by atoms with van der Waals surface area (Å²) in [6.07, 6.45) is 2.27. The fourth-order valence-electron chi connectivity index (χ4n) is 1.64. The monoisotopic (exact) mass is 305 g/mol. The van der Waals surface area contributed by atoms with Crippen molar-refractivity contribution < 1.29 is 8.42 Å². The summed E-state index contributed by atoms with van der Waals surface area (Å²) in [6, 6.07) is 0. The Bertz CT molecular complexity index is 511. The molecule has 0 amide bonds. The van der Waals surface area contributed by atoms with Gasteiger partial charge in [0.05, 0.1) is 11.4 Å². The van der Waals surface area contributed by atoms with Gasteiger partial charge in [0.2, 0.25) is 0 Å². The summed E-state index contributed by atoms with van der Waals surface area (Å²) in [4.78, 5) is 7.60. The Kier molecular flexibility index (Phi) is 5.76. The molecular weight excluding hydrogens is 282 g/mol. The summed E-state index contributed by atoms with van der Waals surface area (Å²) >= 11 is 1.56. The second-order valence-corrected chi connectivity index (χ2v) is 8.19. The van der Waals surface area contributed by atoms with E-state index in [2.05, 4.69) is 18.8 Å². The number of thiazole rings is 1. The van der Waals surface area contributed by atoms with Crippen LogP contribution in [0.2, 0.25) is 0 Å². The molecular formula is C12H23N3O2S2. The molecule has 0 aliphatic carbocycles. The van der Waals surface area contributed by atoms with Crippen molar-refractivity contribution in [2.24, 2.45) is 5.73 Å². The Morgan fingerprint density at radius 1 is 1.47 bits per heavy atom. The number of hydrogen-bond acceptors (Lipinski definition) is 6. The summed E-state index contributed by atoms with van der Waals surface area (Å²) in [5.74, 6) is 0.520. The summed E-state index contributed by atoms with van der Waals surface area (Å²) in [5.41, 5.74) is 6.81. The maximum absolute atomic E-state index is 11.2. The van der Waals surface area contributed by atoms with Gasteiger partial charge in [0.1, 0.15) is 9.84 Å². The Labute approximate surface area is 119 Å². The van der Waals surface area contributed by atoms with Crippen molar-refractivity contribution in [3.63, 3.8) is 0 Å². The van der Waals surface area contributed by atoms with Gasteiger partial charge in [-0.05, 0) is 12.3 Å². The lowest BCUT2D eigenvalue weighted by molar-refractivity contribution is 0.601. The highest BCUT2D eigenvalue weighted by molar-refractivity contribution is 7.90. The molecule has 0 spiro atoms. The summed E-state index contributed by atoms with van der Waals surface area (Å²) in [5, 5.41) is 0.847. The smallest absolute Gasteiger partial charge is 0.185 e. The molecule has 0 aliphatic heterocycles. The van der Waals surface area contributed by atoms with Gasteiger partial charge in [0.25, 0.3) is 0 Å². The first-order valence-corrected chi connectivity index (χ1v) is 9.24. The van der Waals surface area contributed by atoms with Crippen molar-refractivity contribution in [3.8, 4) is 0 Å². The number of rotatable bonds is 7.